The first-order valence-corrected chi connectivity index (χ1v) is 10.6. The molecule has 29 heavy (non-hydrogen) atoms. The number of amides is 1. The van der Waals surface area contributed by atoms with Crippen molar-refractivity contribution in [3.8, 4) is 0 Å². The van der Waals surface area contributed by atoms with Gasteiger partial charge in [-0.15, -0.1) is 0 Å². The van der Waals surface area contributed by atoms with E-state index in [1.54, 1.807) is 0 Å². The number of hydrogen-bond donors (Lipinski definition) is 2. The zero-order valence-electron chi connectivity index (χ0n) is 17.1. The third-order valence-electron chi connectivity index (χ3n) is 6.16. The summed E-state index contributed by atoms with van der Waals surface area (Å²) in [5.41, 5.74) is 9.10. The molecule has 0 bridgehead atoms. The highest BCUT2D eigenvalue weighted by atomic mass is 16.2. The van der Waals surface area contributed by atoms with Crippen molar-refractivity contribution in [1.29, 1.82) is 0 Å². The van der Waals surface area contributed by atoms with Gasteiger partial charge in [-0.05, 0) is 42.5 Å². The van der Waals surface area contributed by atoms with Crippen molar-refractivity contribution in [3.63, 3.8) is 0 Å². The SMILES string of the molecule is CN(Cc1ccccc1)C(=O)C1CNNC1C1CCCN(Cc2cccnc2)C1. The molecular formula is C23H31N5O. The summed E-state index contributed by atoms with van der Waals surface area (Å²) in [6.07, 6.45) is 6.10. The highest BCUT2D eigenvalue weighted by Gasteiger charge is 2.40. The number of likely N-dealkylation sites (tertiary alicyclic amines) is 1. The lowest BCUT2D eigenvalue weighted by Crippen LogP contribution is -2.49. The van der Waals surface area contributed by atoms with Crippen LogP contribution in [0.3, 0.4) is 0 Å². The number of nitrogens with one attached hydrogen (secondary N) is 2. The lowest BCUT2D eigenvalue weighted by molar-refractivity contribution is -0.135. The van der Waals surface area contributed by atoms with Gasteiger partial charge < -0.3 is 4.90 Å². The van der Waals surface area contributed by atoms with Crippen LogP contribution in [0.25, 0.3) is 0 Å². The maximum Gasteiger partial charge on any atom is 0.228 e. The van der Waals surface area contributed by atoms with Crippen LogP contribution in [0.4, 0.5) is 0 Å². The normalized spacial score (nSPS) is 25.1. The highest BCUT2D eigenvalue weighted by molar-refractivity contribution is 5.80. The lowest BCUT2D eigenvalue weighted by atomic mass is 9.83. The maximum absolute atomic E-state index is 13.2. The van der Waals surface area contributed by atoms with E-state index >= 15 is 0 Å². The minimum Gasteiger partial charge on any atom is -0.341 e. The molecule has 2 N–H and O–H groups in total. The Morgan fingerprint density at radius 1 is 1.21 bits per heavy atom. The van der Waals surface area contributed by atoms with Crippen LogP contribution < -0.4 is 10.9 Å². The van der Waals surface area contributed by atoms with Crippen LogP contribution in [0.15, 0.2) is 54.9 Å². The van der Waals surface area contributed by atoms with Gasteiger partial charge in [-0.3, -0.25) is 25.5 Å². The highest BCUT2D eigenvalue weighted by Crippen LogP contribution is 2.27. The predicted octanol–water partition coefficient (Wildman–Crippen LogP) is 2.04. The maximum atomic E-state index is 13.2. The van der Waals surface area contributed by atoms with Gasteiger partial charge in [-0.25, -0.2) is 0 Å². The van der Waals surface area contributed by atoms with E-state index in [0.717, 1.165) is 26.1 Å². The van der Waals surface area contributed by atoms with Gasteiger partial charge in [-0.2, -0.15) is 0 Å². The summed E-state index contributed by atoms with van der Waals surface area (Å²) in [6, 6.07) is 14.5. The molecule has 2 aliphatic rings. The zero-order chi connectivity index (χ0) is 20.1. The van der Waals surface area contributed by atoms with Crippen molar-refractivity contribution in [1.82, 2.24) is 25.6 Å². The second-order valence-corrected chi connectivity index (χ2v) is 8.34. The Kier molecular flexibility index (Phi) is 6.54. The Balaban J connectivity index is 1.37. The number of carbonyl (C=O) groups excluding carboxylic acids is 1. The van der Waals surface area contributed by atoms with Gasteiger partial charge in [0.1, 0.15) is 0 Å². The number of aromatic nitrogens is 1. The molecular weight excluding hydrogens is 362 g/mol. The Bertz CT molecular complexity index is 784. The third-order valence-corrected chi connectivity index (χ3v) is 6.16. The molecule has 2 aromatic rings. The van der Waals surface area contributed by atoms with Crippen molar-refractivity contribution >= 4 is 5.91 Å². The molecule has 6 nitrogen and oxygen atoms in total. The number of piperidine rings is 1. The van der Waals surface area contributed by atoms with E-state index < -0.39 is 0 Å². The molecule has 154 valence electrons. The fourth-order valence-electron chi connectivity index (χ4n) is 4.70. The number of hydrogen-bond acceptors (Lipinski definition) is 5. The monoisotopic (exact) mass is 393 g/mol. The van der Waals surface area contributed by atoms with Gasteiger partial charge in [0.15, 0.2) is 0 Å². The number of pyridine rings is 1. The Morgan fingerprint density at radius 2 is 2.03 bits per heavy atom. The first kappa shape index (κ1) is 20.0. The van der Waals surface area contributed by atoms with Crippen LogP contribution in [-0.2, 0) is 17.9 Å². The summed E-state index contributed by atoms with van der Waals surface area (Å²) in [5, 5.41) is 0. The van der Waals surface area contributed by atoms with E-state index in [2.05, 4.69) is 38.9 Å². The number of nitrogens with zero attached hydrogens (tertiary/aromatic N) is 3. The number of benzene rings is 1. The molecule has 1 aromatic carbocycles. The van der Waals surface area contributed by atoms with E-state index in [0.29, 0.717) is 19.0 Å². The Labute approximate surface area is 173 Å². The van der Waals surface area contributed by atoms with Crippen molar-refractivity contribution in [2.45, 2.75) is 32.0 Å². The molecule has 0 saturated carbocycles. The molecule has 2 aliphatic heterocycles. The summed E-state index contributed by atoms with van der Waals surface area (Å²) in [6.45, 7) is 4.40. The average molecular weight is 394 g/mol. The molecule has 3 heterocycles. The molecule has 1 aromatic heterocycles. The number of hydrazine groups is 1. The first-order valence-electron chi connectivity index (χ1n) is 10.6. The topological polar surface area (TPSA) is 60.5 Å². The molecule has 3 atom stereocenters. The fraction of sp³-hybridized carbons (Fsp3) is 0.478. The predicted molar refractivity (Wildman–Crippen MR) is 114 cm³/mol. The molecule has 0 radical (unpaired) electrons. The Hall–Kier alpha value is -2.28. The molecule has 0 aliphatic carbocycles. The van der Waals surface area contributed by atoms with E-state index in [1.165, 1.54) is 17.5 Å². The van der Waals surface area contributed by atoms with Gasteiger partial charge in [0.2, 0.25) is 5.91 Å². The summed E-state index contributed by atoms with van der Waals surface area (Å²) in [5.74, 6) is 0.669. The van der Waals surface area contributed by atoms with Gasteiger partial charge in [0.25, 0.3) is 0 Å². The minimum atomic E-state index is -0.0212. The third kappa shape index (κ3) is 5.01. The van der Waals surface area contributed by atoms with E-state index in [-0.39, 0.29) is 17.9 Å². The van der Waals surface area contributed by atoms with E-state index in [9.17, 15) is 4.79 Å². The van der Waals surface area contributed by atoms with Crippen LogP contribution in [0, 0.1) is 11.8 Å². The standard InChI is InChI=1S/C23H31N5O/c1-27(15-18-7-3-2-4-8-18)23(29)21-14-25-26-22(21)20-10-6-12-28(17-20)16-19-9-5-11-24-13-19/h2-5,7-9,11,13,20-22,25-26H,6,10,12,14-17H2,1H3. The van der Waals surface area contributed by atoms with Crippen molar-refractivity contribution in [3.05, 3.63) is 66.0 Å². The Morgan fingerprint density at radius 3 is 2.83 bits per heavy atom. The second-order valence-electron chi connectivity index (χ2n) is 8.34. The fourth-order valence-corrected chi connectivity index (χ4v) is 4.70. The van der Waals surface area contributed by atoms with Gasteiger partial charge in [-0.1, -0.05) is 36.4 Å². The van der Waals surface area contributed by atoms with Gasteiger partial charge >= 0.3 is 0 Å². The van der Waals surface area contributed by atoms with Gasteiger partial charge in [0, 0.05) is 51.7 Å². The minimum absolute atomic E-state index is 0.0212. The molecule has 2 fully saturated rings. The van der Waals surface area contributed by atoms with Crippen LogP contribution in [0.5, 0.6) is 0 Å². The molecule has 1 amide bonds. The quantitative estimate of drug-likeness (QED) is 0.787. The average Bonchev–Trinajstić information content (AvgIpc) is 3.25. The number of rotatable bonds is 6. The summed E-state index contributed by atoms with van der Waals surface area (Å²) < 4.78 is 0. The molecule has 3 unspecified atom stereocenters. The van der Waals surface area contributed by atoms with Crippen LogP contribution in [0.1, 0.15) is 24.0 Å². The van der Waals surface area contributed by atoms with Crippen LogP contribution in [0.2, 0.25) is 0 Å². The molecule has 4 rings (SSSR count). The van der Waals surface area contributed by atoms with Crippen molar-refractivity contribution in [2.24, 2.45) is 11.8 Å². The lowest BCUT2D eigenvalue weighted by Gasteiger charge is -2.37. The molecule has 0 spiro atoms. The zero-order valence-corrected chi connectivity index (χ0v) is 17.1. The second kappa shape index (κ2) is 9.48. The van der Waals surface area contributed by atoms with E-state index in [1.807, 2.05) is 48.6 Å². The van der Waals surface area contributed by atoms with Crippen LogP contribution >= 0.6 is 0 Å². The smallest absolute Gasteiger partial charge is 0.228 e. The number of carbonyl (C=O) groups is 1. The summed E-state index contributed by atoms with van der Waals surface area (Å²) in [4.78, 5) is 21.8. The summed E-state index contributed by atoms with van der Waals surface area (Å²) >= 11 is 0. The van der Waals surface area contributed by atoms with Crippen molar-refractivity contribution in [2.75, 3.05) is 26.7 Å². The van der Waals surface area contributed by atoms with Crippen molar-refractivity contribution < 1.29 is 4.79 Å². The van der Waals surface area contributed by atoms with E-state index in [4.69, 9.17) is 0 Å². The van der Waals surface area contributed by atoms with Crippen LogP contribution in [-0.4, -0.2) is 53.4 Å². The largest absolute Gasteiger partial charge is 0.341 e. The summed E-state index contributed by atoms with van der Waals surface area (Å²) in [7, 11) is 1.92. The molecule has 2 saturated heterocycles. The molecule has 6 heteroatoms. The first-order chi connectivity index (χ1) is 14.2. The van der Waals surface area contributed by atoms with Gasteiger partial charge in [0.05, 0.1) is 5.92 Å².